The summed E-state index contributed by atoms with van der Waals surface area (Å²) in [5.41, 5.74) is 3.81. The third kappa shape index (κ3) is 7.24. The van der Waals surface area contributed by atoms with Gasteiger partial charge in [-0.1, -0.05) is 66.7 Å². The molecule has 172 valence electrons. The summed E-state index contributed by atoms with van der Waals surface area (Å²) in [6.07, 6.45) is 2.76. The Kier molecular flexibility index (Phi) is 8.34. The van der Waals surface area contributed by atoms with Crippen molar-refractivity contribution in [3.63, 3.8) is 0 Å². The summed E-state index contributed by atoms with van der Waals surface area (Å²) in [6.45, 7) is 1.21. The Morgan fingerprint density at radius 2 is 1.26 bits per heavy atom. The van der Waals surface area contributed by atoms with Crippen molar-refractivity contribution in [3.05, 3.63) is 126 Å². The number of amides is 1. The molecule has 4 aromatic rings. The minimum absolute atomic E-state index is 0.176. The Balaban J connectivity index is 1.22. The summed E-state index contributed by atoms with van der Waals surface area (Å²) in [6, 6.07) is 35.3. The molecular formula is C30H29NO3. The fourth-order valence-electron chi connectivity index (χ4n) is 3.61. The van der Waals surface area contributed by atoms with E-state index in [1.165, 1.54) is 11.1 Å². The fraction of sp³-hybridized carbons (Fsp3) is 0.167. The number of carbonyl (C=O) groups excluding carboxylic acids is 1. The van der Waals surface area contributed by atoms with Crippen LogP contribution in [0.1, 0.15) is 27.9 Å². The van der Waals surface area contributed by atoms with Crippen molar-refractivity contribution in [2.24, 2.45) is 0 Å². The molecule has 4 nitrogen and oxygen atoms in total. The molecule has 0 fully saturated rings. The normalized spacial score (nSPS) is 10.5. The average Bonchev–Trinajstić information content (AvgIpc) is 2.89. The van der Waals surface area contributed by atoms with Crippen LogP contribution in [0.3, 0.4) is 0 Å². The van der Waals surface area contributed by atoms with Gasteiger partial charge < -0.3 is 14.8 Å². The predicted octanol–water partition coefficient (Wildman–Crippen LogP) is 6.57. The number of hydrogen-bond donors (Lipinski definition) is 1. The van der Waals surface area contributed by atoms with E-state index in [9.17, 15) is 4.79 Å². The lowest BCUT2D eigenvalue weighted by molar-refractivity contribution is 0.102. The number of anilines is 1. The van der Waals surface area contributed by atoms with Crippen molar-refractivity contribution in [1.82, 2.24) is 0 Å². The maximum absolute atomic E-state index is 12.7. The van der Waals surface area contributed by atoms with E-state index in [4.69, 9.17) is 9.47 Å². The van der Waals surface area contributed by atoms with Gasteiger partial charge in [-0.05, 0) is 66.4 Å². The average molecular weight is 452 g/mol. The zero-order valence-corrected chi connectivity index (χ0v) is 19.2. The smallest absolute Gasteiger partial charge is 0.255 e. The molecule has 4 aromatic carbocycles. The summed E-state index contributed by atoms with van der Waals surface area (Å²) in [4.78, 5) is 12.7. The molecular weight excluding hydrogens is 422 g/mol. The predicted molar refractivity (Wildman–Crippen MR) is 137 cm³/mol. The quantitative estimate of drug-likeness (QED) is 0.262. The lowest BCUT2D eigenvalue weighted by atomic mass is 10.1. The highest BCUT2D eigenvalue weighted by Crippen LogP contribution is 2.19. The Morgan fingerprint density at radius 1 is 0.618 bits per heavy atom. The molecule has 0 atom stereocenters. The zero-order chi connectivity index (χ0) is 23.4. The fourth-order valence-corrected chi connectivity index (χ4v) is 3.61. The Bertz CT molecular complexity index is 1160. The highest BCUT2D eigenvalue weighted by molar-refractivity contribution is 6.04. The third-order valence-electron chi connectivity index (χ3n) is 5.43. The van der Waals surface area contributed by atoms with Crippen molar-refractivity contribution in [2.75, 3.05) is 18.5 Å². The second-order valence-corrected chi connectivity index (χ2v) is 8.03. The van der Waals surface area contributed by atoms with E-state index in [1.807, 2.05) is 60.7 Å². The van der Waals surface area contributed by atoms with Crippen molar-refractivity contribution in [3.8, 4) is 11.5 Å². The van der Waals surface area contributed by atoms with E-state index in [1.54, 1.807) is 12.1 Å². The highest BCUT2D eigenvalue weighted by atomic mass is 16.5. The van der Waals surface area contributed by atoms with Crippen LogP contribution in [0.25, 0.3) is 0 Å². The van der Waals surface area contributed by atoms with Crippen LogP contribution >= 0.6 is 0 Å². The summed E-state index contributed by atoms with van der Waals surface area (Å²) < 4.78 is 11.7. The van der Waals surface area contributed by atoms with Crippen LogP contribution in [0, 0.1) is 0 Å². The van der Waals surface area contributed by atoms with E-state index in [2.05, 4.69) is 41.7 Å². The molecule has 0 unspecified atom stereocenters. The molecule has 0 aliphatic rings. The second kappa shape index (κ2) is 12.3. The number of nitrogens with one attached hydrogen (secondary N) is 1. The first-order valence-electron chi connectivity index (χ1n) is 11.6. The van der Waals surface area contributed by atoms with Gasteiger partial charge in [-0.2, -0.15) is 0 Å². The van der Waals surface area contributed by atoms with Gasteiger partial charge in [-0.25, -0.2) is 0 Å². The Hall–Kier alpha value is -4.05. The first-order chi connectivity index (χ1) is 16.8. The van der Waals surface area contributed by atoms with Gasteiger partial charge in [0.15, 0.2) is 0 Å². The van der Waals surface area contributed by atoms with Gasteiger partial charge in [0.05, 0.1) is 13.2 Å². The number of benzene rings is 4. The molecule has 0 spiro atoms. The molecule has 0 heterocycles. The molecule has 4 rings (SSSR count). The molecule has 0 aliphatic carbocycles. The van der Waals surface area contributed by atoms with Gasteiger partial charge in [-0.15, -0.1) is 0 Å². The van der Waals surface area contributed by atoms with E-state index in [-0.39, 0.29) is 5.91 Å². The van der Waals surface area contributed by atoms with Crippen molar-refractivity contribution in [1.29, 1.82) is 0 Å². The van der Waals surface area contributed by atoms with Crippen LogP contribution < -0.4 is 14.8 Å². The molecule has 0 aliphatic heterocycles. The molecule has 0 saturated heterocycles. The maximum atomic E-state index is 12.7. The number of aryl methyl sites for hydroxylation is 1. The van der Waals surface area contributed by atoms with Crippen molar-refractivity contribution < 1.29 is 14.3 Å². The standard InChI is InChI=1S/C30H29NO3/c32-30(26-14-7-15-29(23-26)34-22-20-25-11-5-2-6-12-25)31-27-16-18-28(19-17-27)33-21-8-13-24-9-3-1-4-10-24/h1-7,9-12,14-19,23H,8,13,20-22H2,(H,31,32). The largest absolute Gasteiger partial charge is 0.494 e. The van der Waals surface area contributed by atoms with Crippen LogP contribution in [-0.2, 0) is 12.8 Å². The summed E-state index contributed by atoms with van der Waals surface area (Å²) >= 11 is 0. The zero-order valence-electron chi connectivity index (χ0n) is 19.2. The maximum Gasteiger partial charge on any atom is 0.255 e. The monoisotopic (exact) mass is 451 g/mol. The van der Waals surface area contributed by atoms with E-state index in [0.29, 0.717) is 24.5 Å². The van der Waals surface area contributed by atoms with Crippen LogP contribution in [0.4, 0.5) is 5.69 Å². The lowest BCUT2D eigenvalue weighted by Crippen LogP contribution is -2.12. The Morgan fingerprint density at radius 3 is 1.97 bits per heavy atom. The molecule has 0 bridgehead atoms. The lowest BCUT2D eigenvalue weighted by Gasteiger charge is -2.10. The van der Waals surface area contributed by atoms with Gasteiger partial charge in [0.2, 0.25) is 0 Å². The second-order valence-electron chi connectivity index (χ2n) is 8.03. The van der Waals surface area contributed by atoms with Gasteiger partial charge in [0.25, 0.3) is 5.91 Å². The molecule has 1 amide bonds. The van der Waals surface area contributed by atoms with E-state index < -0.39 is 0 Å². The summed E-state index contributed by atoms with van der Waals surface area (Å²) in [5, 5.41) is 2.93. The van der Waals surface area contributed by atoms with Crippen LogP contribution in [0.15, 0.2) is 109 Å². The minimum Gasteiger partial charge on any atom is -0.494 e. The SMILES string of the molecule is O=C(Nc1ccc(OCCCc2ccccc2)cc1)c1cccc(OCCc2ccccc2)c1. The van der Waals surface area contributed by atoms with Crippen molar-refractivity contribution >= 4 is 11.6 Å². The van der Waals surface area contributed by atoms with E-state index >= 15 is 0 Å². The molecule has 0 aromatic heterocycles. The van der Waals surface area contributed by atoms with Gasteiger partial charge in [0.1, 0.15) is 11.5 Å². The Labute approximate surface area is 201 Å². The third-order valence-corrected chi connectivity index (χ3v) is 5.43. The van der Waals surface area contributed by atoms with Crippen LogP contribution in [0.5, 0.6) is 11.5 Å². The van der Waals surface area contributed by atoms with Crippen molar-refractivity contribution in [2.45, 2.75) is 19.3 Å². The molecule has 4 heteroatoms. The van der Waals surface area contributed by atoms with Crippen LogP contribution in [-0.4, -0.2) is 19.1 Å². The summed E-state index contributed by atoms with van der Waals surface area (Å²) in [7, 11) is 0. The van der Waals surface area contributed by atoms with Gasteiger partial charge in [0, 0.05) is 17.7 Å². The summed E-state index contributed by atoms with van der Waals surface area (Å²) in [5.74, 6) is 1.30. The minimum atomic E-state index is -0.176. The number of carbonyl (C=O) groups is 1. The molecule has 1 N–H and O–H groups in total. The first-order valence-corrected chi connectivity index (χ1v) is 11.6. The number of ether oxygens (including phenoxy) is 2. The molecule has 0 saturated carbocycles. The highest BCUT2D eigenvalue weighted by Gasteiger charge is 2.08. The number of hydrogen-bond acceptors (Lipinski definition) is 3. The van der Waals surface area contributed by atoms with E-state index in [0.717, 1.165) is 30.7 Å². The molecule has 34 heavy (non-hydrogen) atoms. The molecule has 0 radical (unpaired) electrons. The first kappa shape index (κ1) is 23.1. The topological polar surface area (TPSA) is 47.6 Å². The van der Waals surface area contributed by atoms with Gasteiger partial charge in [-0.3, -0.25) is 4.79 Å². The number of rotatable bonds is 11. The van der Waals surface area contributed by atoms with Crippen LogP contribution in [0.2, 0.25) is 0 Å². The van der Waals surface area contributed by atoms with Gasteiger partial charge >= 0.3 is 0 Å².